The summed E-state index contributed by atoms with van der Waals surface area (Å²) in [5.41, 5.74) is 7.35. The zero-order valence-electron chi connectivity index (χ0n) is 10.5. The van der Waals surface area contributed by atoms with Crippen molar-refractivity contribution in [3.05, 3.63) is 18.5 Å². The number of nitrogens with zero attached hydrogens (tertiary/aromatic N) is 4. The van der Waals surface area contributed by atoms with Crippen LogP contribution in [0.4, 0.5) is 11.6 Å². The third kappa shape index (κ3) is 1.96. The average Bonchev–Trinajstić information content (AvgIpc) is 2.39. The van der Waals surface area contributed by atoms with Gasteiger partial charge in [-0.15, -0.1) is 0 Å². The molecule has 3 rings (SSSR count). The number of rotatable bonds is 1. The molecule has 0 bridgehead atoms. The van der Waals surface area contributed by atoms with Crippen LogP contribution in [0.5, 0.6) is 0 Å². The first-order chi connectivity index (χ1) is 8.74. The summed E-state index contributed by atoms with van der Waals surface area (Å²) in [5.74, 6) is 2.16. The summed E-state index contributed by atoms with van der Waals surface area (Å²) in [7, 11) is 0. The summed E-state index contributed by atoms with van der Waals surface area (Å²) in [6.07, 6.45) is 4.00. The number of nitrogens with two attached hydrogens (primary N) is 1. The predicted octanol–water partition coefficient (Wildman–Crippen LogP) is 1.84. The number of hydrogen-bond donors (Lipinski definition) is 1. The number of pyridine rings is 1. The Morgan fingerprint density at radius 2 is 2.22 bits per heavy atom. The van der Waals surface area contributed by atoms with E-state index in [0.29, 0.717) is 11.3 Å². The van der Waals surface area contributed by atoms with Gasteiger partial charge in [-0.1, -0.05) is 6.92 Å². The number of fused-ring (bicyclic) bond motifs is 1. The quantitative estimate of drug-likeness (QED) is 0.827. The maximum Gasteiger partial charge on any atom is 0.153 e. The Bertz CT molecular complexity index is 568. The fourth-order valence-corrected chi connectivity index (χ4v) is 2.52. The Kier molecular flexibility index (Phi) is 2.74. The van der Waals surface area contributed by atoms with E-state index in [1.54, 1.807) is 0 Å². The van der Waals surface area contributed by atoms with Gasteiger partial charge in [0.05, 0.1) is 5.52 Å². The fraction of sp³-hybridized carbons (Fsp3) is 0.462. The Morgan fingerprint density at radius 3 is 3.06 bits per heavy atom. The second kappa shape index (κ2) is 4.40. The van der Waals surface area contributed by atoms with Gasteiger partial charge in [-0.3, -0.25) is 0 Å². The molecule has 1 fully saturated rings. The molecular formula is C13H17N5. The van der Waals surface area contributed by atoms with Crippen molar-refractivity contribution in [3.63, 3.8) is 0 Å². The van der Waals surface area contributed by atoms with Crippen molar-refractivity contribution in [1.82, 2.24) is 15.0 Å². The highest BCUT2D eigenvalue weighted by molar-refractivity contribution is 5.84. The molecule has 5 nitrogen and oxygen atoms in total. The highest BCUT2D eigenvalue weighted by atomic mass is 15.2. The number of hydrogen-bond acceptors (Lipinski definition) is 5. The number of anilines is 2. The summed E-state index contributed by atoms with van der Waals surface area (Å²) in [6, 6.07) is 3.99. The van der Waals surface area contributed by atoms with Gasteiger partial charge in [0, 0.05) is 13.1 Å². The minimum Gasteiger partial charge on any atom is -0.382 e. The third-order valence-electron chi connectivity index (χ3n) is 3.48. The summed E-state index contributed by atoms with van der Waals surface area (Å²) in [6.45, 7) is 4.41. The Hall–Kier alpha value is -1.91. The van der Waals surface area contributed by atoms with Gasteiger partial charge in [0.15, 0.2) is 5.82 Å². The number of piperidine rings is 1. The molecule has 0 aliphatic carbocycles. The Morgan fingerprint density at radius 1 is 1.33 bits per heavy atom. The van der Waals surface area contributed by atoms with Crippen LogP contribution in [0.15, 0.2) is 18.5 Å². The second-order valence-corrected chi connectivity index (χ2v) is 4.99. The predicted molar refractivity (Wildman–Crippen MR) is 72.4 cm³/mol. The largest absolute Gasteiger partial charge is 0.382 e. The second-order valence-electron chi connectivity index (χ2n) is 4.99. The fourth-order valence-electron chi connectivity index (χ4n) is 2.52. The molecule has 0 amide bonds. The number of aromatic nitrogens is 3. The standard InChI is InChI=1S/C13H17N5/c1-9-3-2-6-18(7-9)11-5-4-10-12(17-11)13(14)16-8-15-10/h4-5,8-9H,2-3,6-7H2,1H3,(H2,14,15,16)/t9-/m0/s1. The van der Waals surface area contributed by atoms with Crippen molar-refractivity contribution in [2.24, 2.45) is 5.92 Å². The third-order valence-corrected chi connectivity index (χ3v) is 3.48. The van der Waals surface area contributed by atoms with Crippen LogP contribution in [0, 0.1) is 5.92 Å². The normalized spacial score (nSPS) is 20.3. The van der Waals surface area contributed by atoms with Crippen molar-refractivity contribution in [2.75, 3.05) is 23.7 Å². The molecule has 5 heteroatoms. The van der Waals surface area contributed by atoms with Crippen LogP contribution in [-0.2, 0) is 0 Å². The van der Waals surface area contributed by atoms with E-state index in [4.69, 9.17) is 5.73 Å². The maximum absolute atomic E-state index is 5.85. The first-order valence-electron chi connectivity index (χ1n) is 6.36. The van der Waals surface area contributed by atoms with Crippen LogP contribution in [-0.4, -0.2) is 28.0 Å². The van der Waals surface area contributed by atoms with Crippen molar-refractivity contribution in [1.29, 1.82) is 0 Å². The van der Waals surface area contributed by atoms with Crippen LogP contribution >= 0.6 is 0 Å². The molecule has 18 heavy (non-hydrogen) atoms. The van der Waals surface area contributed by atoms with Crippen LogP contribution in [0.25, 0.3) is 11.0 Å². The van der Waals surface area contributed by atoms with Crippen molar-refractivity contribution in [3.8, 4) is 0 Å². The Labute approximate surface area is 106 Å². The molecule has 1 aliphatic rings. The van der Waals surface area contributed by atoms with E-state index in [2.05, 4.69) is 26.8 Å². The molecule has 1 aliphatic heterocycles. The zero-order chi connectivity index (χ0) is 12.5. The highest BCUT2D eigenvalue weighted by Crippen LogP contribution is 2.24. The van der Waals surface area contributed by atoms with E-state index >= 15 is 0 Å². The first-order valence-corrected chi connectivity index (χ1v) is 6.36. The minimum absolute atomic E-state index is 0.451. The van der Waals surface area contributed by atoms with Gasteiger partial charge in [-0.2, -0.15) is 0 Å². The Balaban J connectivity index is 1.99. The van der Waals surface area contributed by atoms with E-state index in [9.17, 15) is 0 Å². The van der Waals surface area contributed by atoms with E-state index in [1.165, 1.54) is 19.2 Å². The topological polar surface area (TPSA) is 67.9 Å². The van der Waals surface area contributed by atoms with E-state index in [1.807, 2.05) is 12.1 Å². The average molecular weight is 243 g/mol. The molecule has 0 unspecified atom stereocenters. The molecular weight excluding hydrogens is 226 g/mol. The molecule has 0 saturated carbocycles. The van der Waals surface area contributed by atoms with E-state index in [0.717, 1.165) is 30.3 Å². The molecule has 1 atom stereocenters. The molecule has 2 aromatic rings. The molecule has 3 heterocycles. The summed E-state index contributed by atoms with van der Waals surface area (Å²) >= 11 is 0. The molecule has 1 saturated heterocycles. The van der Waals surface area contributed by atoms with Crippen LogP contribution in [0.2, 0.25) is 0 Å². The zero-order valence-corrected chi connectivity index (χ0v) is 10.5. The lowest BCUT2D eigenvalue weighted by molar-refractivity contribution is 0.445. The highest BCUT2D eigenvalue weighted by Gasteiger charge is 2.18. The van der Waals surface area contributed by atoms with E-state index in [-0.39, 0.29) is 0 Å². The summed E-state index contributed by atoms with van der Waals surface area (Å²) < 4.78 is 0. The monoisotopic (exact) mass is 243 g/mol. The van der Waals surface area contributed by atoms with Gasteiger partial charge >= 0.3 is 0 Å². The maximum atomic E-state index is 5.85. The molecule has 0 radical (unpaired) electrons. The molecule has 94 valence electrons. The van der Waals surface area contributed by atoms with Crippen LogP contribution in [0.3, 0.4) is 0 Å². The van der Waals surface area contributed by atoms with Gasteiger partial charge in [0.25, 0.3) is 0 Å². The van der Waals surface area contributed by atoms with E-state index < -0.39 is 0 Å². The van der Waals surface area contributed by atoms with Crippen LogP contribution in [0.1, 0.15) is 19.8 Å². The summed E-state index contributed by atoms with van der Waals surface area (Å²) in [5, 5.41) is 0. The van der Waals surface area contributed by atoms with Gasteiger partial charge in [0.2, 0.25) is 0 Å². The van der Waals surface area contributed by atoms with Crippen molar-refractivity contribution >= 4 is 22.7 Å². The van der Waals surface area contributed by atoms with Crippen molar-refractivity contribution < 1.29 is 0 Å². The lowest BCUT2D eigenvalue weighted by atomic mass is 10.0. The molecule has 0 aromatic carbocycles. The smallest absolute Gasteiger partial charge is 0.153 e. The number of nitrogen functional groups attached to an aromatic ring is 1. The minimum atomic E-state index is 0.451. The lowest BCUT2D eigenvalue weighted by Gasteiger charge is -2.31. The molecule has 0 spiro atoms. The van der Waals surface area contributed by atoms with Gasteiger partial charge in [-0.05, 0) is 30.9 Å². The lowest BCUT2D eigenvalue weighted by Crippen LogP contribution is -2.34. The van der Waals surface area contributed by atoms with Crippen molar-refractivity contribution in [2.45, 2.75) is 19.8 Å². The van der Waals surface area contributed by atoms with Gasteiger partial charge in [0.1, 0.15) is 17.7 Å². The summed E-state index contributed by atoms with van der Waals surface area (Å²) in [4.78, 5) is 15.1. The SMILES string of the molecule is C[C@H]1CCCN(c2ccc3ncnc(N)c3n2)C1. The van der Waals surface area contributed by atoms with Gasteiger partial charge < -0.3 is 10.6 Å². The van der Waals surface area contributed by atoms with Crippen LogP contribution < -0.4 is 10.6 Å². The molecule has 2 N–H and O–H groups in total. The molecule has 2 aromatic heterocycles. The first kappa shape index (κ1) is 11.2. The van der Waals surface area contributed by atoms with Gasteiger partial charge in [-0.25, -0.2) is 15.0 Å².